The van der Waals surface area contributed by atoms with Crippen LogP contribution in [0, 0.1) is 5.82 Å². The number of aromatic nitrogens is 2. The van der Waals surface area contributed by atoms with Crippen LogP contribution < -0.4 is 5.73 Å². The zero-order valence-corrected chi connectivity index (χ0v) is 11.8. The van der Waals surface area contributed by atoms with Crippen LogP contribution in [-0.4, -0.2) is 10.2 Å². The van der Waals surface area contributed by atoms with Gasteiger partial charge in [0, 0.05) is 10.6 Å². The first-order valence-electron chi connectivity index (χ1n) is 6.28. The summed E-state index contributed by atoms with van der Waals surface area (Å²) in [6, 6.07) is 14.2. The monoisotopic (exact) mass is 301 g/mol. The molecule has 0 aliphatic carbocycles. The zero-order valence-electron chi connectivity index (χ0n) is 11.0. The van der Waals surface area contributed by atoms with E-state index in [-0.39, 0.29) is 11.8 Å². The highest BCUT2D eigenvalue weighted by Crippen LogP contribution is 2.32. The van der Waals surface area contributed by atoms with Crippen molar-refractivity contribution in [2.45, 2.75) is 10.6 Å². The molecular weight excluding hydrogens is 289 g/mol. The summed E-state index contributed by atoms with van der Waals surface area (Å²) in [4.78, 5) is 1.01. The fourth-order valence-electron chi connectivity index (χ4n) is 1.85. The van der Waals surface area contributed by atoms with Crippen LogP contribution in [-0.2, 0) is 5.75 Å². The van der Waals surface area contributed by atoms with Gasteiger partial charge >= 0.3 is 6.01 Å². The van der Waals surface area contributed by atoms with Crippen molar-refractivity contribution in [3.63, 3.8) is 0 Å². The second kappa shape index (κ2) is 5.97. The summed E-state index contributed by atoms with van der Waals surface area (Å²) in [5, 5.41) is 7.58. The van der Waals surface area contributed by atoms with E-state index >= 15 is 0 Å². The van der Waals surface area contributed by atoms with Gasteiger partial charge in [0.05, 0.1) is 5.56 Å². The van der Waals surface area contributed by atoms with E-state index in [2.05, 4.69) is 10.2 Å². The average Bonchev–Trinajstić information content (AvgIpc) is 2.93. The predicted molar refractivity (Wildman–Crippen MR) is 80.1 cm³/mol. The maximum atomic E-state index is 12.9. The molecule has 0 radical (unpaired) electrons. The van der Waals surface area contributed by atoms with Gasteiger partial charge in [-0.25, -0.2) is 4.39 Å². The van der Waals surface area contributed by atoms with Crippen LogP contribution in [0.3, 0.4) is 0 Å². The summed E-state index contributed by atoms with van der Waals surface area (Å²) in [6.45, 7) is 0. The molecule has 0 saturated heterocycles. The Labute approximate surface area is 125 Å². The molecule has 2 aromatic carbocycles. The highest BCUT2D eigenvalue weighted by Gasteiger charge is 2.11. The number of nitrogen functional groups attached to an aromatic ring is 1. The molecule has 0 saturated carbocycles. The maximum absolute atomic E-state index is 12.9. The summed E-state index contributed by atoms with van der Waals surface area (Å²) in [5.41, 5.74) is 7.35. The topological polar surface area (TPSA) is 64.9 Å². The van der Waals surface area contributed by atoms with Gasteiger partial charge in [-0.2, -0.15) is 0 Å². The van der Waals surface area contributed by atoms with Crippen LogP contribution >= 0.6 is 11.8 Å². The van der Waals surface area contributed by atoms with Gasteiger partial charge in [-0.15, -0.1) is 16.9 Å². The van der Waals surface area contributed by atoms with Gasteiger partial charge in [-0.3, -0.25) is 0 Å². The smallest absolute Gasteiger partial charge is 0.313 e. The third kappa shape index (κ3) is 3.22. The van der Waals surface area contributed by atoms with Crippen LogP contribution in [0.5, 0.6) is 0 Å². The van der Waals surface area contributed by atoms with Crippen LogP contribution in [0.2, 0.25) is 0 Å². The lowest BCUT2D eigenvalue weighted by Gasteiger charge is -2.06. The molecule has 6 heteroatoms. The highest BCUT2D eigenvalue weighted by atomic mass is 32.2. The average molecular weight is 301 g/mol. The fraction of sp³-hybridized carbons (Fsp3) is 0.0667. The Morgan fingerprint density at radius 2 is 1.81 bits per heavy atom. The largest absolute Gasteiger partial charge is 0.404 e. The third-order valence-corrected chi connectivity index (χ3v) is 4.01. The minimum atomic E-state index is -0.231. The zero-order chi connectivity index (χ0) is 14.7. The van der Waals surface area contributed by atoms with Gasteiger partial charge in [-0.05, 0) is 29.8 Å². The Morgan fingerprint density at radius 3 is 2.52 bits per heavy atom. The van der Waals surface area contributed by atoms with Crippen molar-refractivity contribution in [3.05, 3.63) is 59.9 Å². The van der Waals surface area contributed by atoms with E-state index in [1.807, 2.05) is 24.3 Å². The van der Waals surface area contributed by atoms with Crippen molar-refractivity contribution in [1.82, 2.24) is 10.2 Å². The van der Waals surface area contributed by atoms with Gasteiger partial charge < -0.3 is 10.2 Å². The summed E-state index contributed by atoms with van der Waals surface area (Å²) in [7, 11) is 0. The van der Waals surface area contributed by atoms with Crippen LogP contribution in [0.25, 0.3) is 11.5 Å². The van der Waals surface area contributed by atoms with E-state index in [1.165, 1.54) is 12.1 Å². The summed E-state index contributed by atoms with van der Waals surface area (Å²) >= 11 is 1.62. The molecule has 3 aromatic rings. The molecule has 3 rings (SSSR count). The molecular formula is C15H12FN3OS. The molecule has 106 valence electrons. The minimum Gasteiger partial charge on any atom is -0.404 e. The quantitative estimate of drug-likeness (QED) is 0.743. The number of hydrogen-bond acceptors (Lipinski definition) is 5. The molecule has 0 amide bonds. The van der Waals surface area contributed by atoms with E-state index in [0.29, 0.717) is 5.89 Å². The summed E-state index contributed by atoms with van der Waals surface area (Å²) in [6.07, 6.45) is 0. The number of hydrogen-bond donors (Lipinski definition) is 1. The number of nitrogens with zero attached hydrogens (tertiary/aromatic N) is 2. The molecule has 21 heavy (non-hydrogen) atoms. The molecule has 0 aliphatic rings. The van der Waals surface area contributed by atoms with E-state index in [0.717, 1.165) is 21.8 Å². The third-order valence-electron chi connectivity index (χ3n) is 2.87. The normalized spacial score (nSPS) is 10.7. The Morgan fingerprint density at radius 1 is 1.05 bits per heavy atom. The Hall–Kier alpha value is -2.34. The number of halogens is 1. The van der Waals surface area contributed by atoms with Crippen molar-refractivity contribution in [3.8, 4) is 11.5 Å². The van der Waals surface area contributed by atoms with E-state index in [9.17, 15) is 4.39 Å². The number of rotatable bonds is 4. The second-order valence-electron chi connectivity index (χ2n) is 4.36. The van der Waals surface area contributed by atoms with E-state index in [1.54, 1.807) is 23.9 Å². The number of benzene rings is 2. The lowest BCUT2D eigenvalue weighted by molar-refractivity contribution is 0.589. The SMILES string of the molecule is Nc1nnc(-c2ccccc2SCc2ccc(F)cc2)o1. The van der Waals surface area contributed by atoms with Crippen LogP contribution in [0.15, 0.2) is 57.8 Å². The lowest BCUT2D eigenvalue weighted by atomic mass is 10.2. The van der Waals surface area contributed by atoms with E-state index in [4.69, 9.17) is 10.2 Å². The van der Waals surface area contributed by atoms with Crippen molar-refractivity contribution >= 4 is 17.8 Å². The first-order valence-corrected chi connectivity index (χ1v) is 7.26. The molecule has 0 fully saturated rings. The Bertz CT molecular complexity index is 743. The lowest BCUT2D eigenvalue weighted by Crippen LogP contribution is -1.85. The number of thioether (sulfide) groups is 1. The number of nitrogens with two attached hydrogens (primary N) is 1. The molecule has 0 spiro atoms. The van der Waals surface area contributed by atoms with Crippen molar-refractivity contribution in [1.29, 1.82) is 0 Å². The highest BCUT2D eigenvalue weighted by molar-refractivity contribution is 7.98. The van der Waals surface area contributed by atoms with Crippen LogP contribution in [0.1, 0.15) is 5.56 Å². The van der Waals surface area contributed by atoms with Gasteiger partial charge in [0.25, 0.3) is 5.89 Å². The molecule has 4 nitrogen and oxygen atoms in total. The molecule has 2 N–H and O–H groups in total. The molecule has 0 atom stereocenters. The van der Waals surface area contributed by atoms with Crippen molar-refractivity contribution < 1.29 is 8.81 Å². The molecule has 1 aromatic heterocycles. The number of anilines is 1. The molecule has 0 unspecified atom stereocenters. The Kier molecular flexibility index (Phi) is 3.87. The van der Waals surface area contributed by atoms with Crippen LogP contribution in [0.4, 0.5) is 10.4 Å². The van der Waals surface area contributed by atoms with Gasteiger partial charge in [-0.1, -0.05) is 29.4 Å². The standard InChI is InChI=1S/C15H12FN3OS/c16-11-7-5-10(6-8-11)9-21-13-4-2-1-3-12(13)14-18-19-15(17)20-14/h1-8H,9H2,(H2,17,19). The predicted octanol–water partition coefficient (Wildman–Crippen LogP) is 3.75. The summed E-state index contributed by atoms with van der Waals surface area (Å²) in [5.74, 6) is 0.890. The molecule has 1 heterocycles. The maximum Gasteiger partial charge on any atom is 0.313 e. The van der Waals surface area contributed by atoms with Gasteiger partial charge in [0.1, 0.15) is 5.82 Å². The first-order chi connectivity index (χ1) is 10.2. The molecule has 0 aliphatic heterocycles. The van der Waals surface area contributed by atoms with Crippen molar-refractivity contribution in [2.24, 2.45) is 0 Å². The van der Waals surface area contributed by atoms with E-state index < -0.39 is 0 Å². The second-order valence-corrected chi connectivity index (χ2v) is 5.37. The van der Waals surface area contributed by atoms with Gasteiger partial charge in [0.2, 0.25) is 0 Å². The fourth-order valence-corrected chi connectivity index (χ4v) is 2.85. The Balaban J connectivity index is 1.81. The minimum absolute atomic E-state index is 0.0448. The van der Waals surface area contributed by atoms with Gasteiger partial charge in [0.15, 0.2) is 0 Å². The molecule has 0 bridgehead atoms. The van der Waals surface area contributed by atoms with Crippen molar-refractivity contribution in [2.75, 3.05) is 5.73 Å². The first kappa shape index (κ1) is 13.6. The summed E-state index contributed by atoms with van der Waals surface area (Å²) < 4.78 is 18.2.